The van der Waals surface area contributed by atoms with Crippen LogP contribution < -0.4 is 14.8 Å². The number of amides is 2. The summed E-state index contributed by atoms with van der Waals surface area (Å²) in [5.41, 5.74) is 4.35. The van der Waals surface area contributed by atoms with E-state index in [4.69, 9.17) is 9.47 Å². The zero-order chi connectivity index (χ0) is 36.7. The van der Waals surface area contributed by atoms with Crippen LogP contribution in [-0.2, 0) is 27.2 Å². The molecule has 274 valence electrons. The van der Waals surface area contributed by atoms with E-state index in [9.17, 15) is 19.5 Å². The molecule has 5 rings (SSSR count). The summed E-state index contributed by atoms with van der Waals surface area (Å²) in [7, 11) is 0. The van der Waals surface area contributed by atoms with Gasteiger partial charge in [0.15, 0.2) is 5.82 Å². The maximum Gasteiger partial charge on any atom is 0.310 e. The van der Waals surface area contributed by atoms with Gasteiger partial charge in [-0.3, -0.25) is 14.4 Å². The summed E-state index contributed by atoms with van der Waals surface area (Å²) in [6.45, 7) is 5.94. The lowest BCUT2D eigenvalue weighted by atomic mass is 9.96. The molecule has 0 spiro atoms. The number of aliphatic carboxylic acids is 1. The highest BCUT2D eigenvalue weighted by atomic mass is 16.5. The molecule has 1 fully saturated rings. The van der Waals surface area contributed by atoms with E-state index in [1.807, 2.05) is 72.8 Å². The number of hydrogen-bond donors (Lipinski definition) is 2. The van der Waals surface area contributed by atoms with Crippen molar-refractivity contribution in [2.45, 2.75) is 77.7 Å². The molecule has 0 aliphatic carbocycles. The summed E-state index contributed by atoms with van der Waals surface area (Å²) >= 11 is 0. The maximum atomic E-state index is 13.5. The Bertz CT molecular complexity index is 1720. The second-order valence-corrected chi connectivity index (χ2v) is 13.4. The summed E-state index contributed by atoms with van der Waals surface area (Å²) in [4.78, 5) is 48.7. The van der Waals surface area contributed by atoms with Crippen LogP contribution in [0.5, 0.6) is 11.5 Å². The predicted molar refractivity (Wildman–Crippen MR) is 201 cm³/mol. The van der Waals surface area contributed by atoms with E-state index in [0.29, 0.717) is 12.4 Å². The highest BCUT2D eigenvalue weighted by Crippen LogP contribution is 2.24. The Morgan fingerprint density at radius 2 is 1.29 bits per heavy atom. The first-order valence-corrected chi connectivity index (χ1v) is 18.5. The van der Waals surface area contributed by atoms with E-state index < -0.39 is 17.9 Å². The molecule has 0 saturated carbocycles. The Morgan fingerprint density at radius 3 is 1.90 bits per heavy atom. The third kappa shape index (κ3) is 11.1. The zero-order valence-corrected chi connectivity index (χ0v) is 30.3. The van der Waals surface area contributed by atoms with Gasteiger partial charge < -0.3 is 24.8 Å². The van der Waals surface area contributed by atoms with Gasteiger partial charge in [-0.1, -0.05) is 94.5 Å². The fourth-order valence-corrected chi connectivity index (χ4v) is 5.99. The number of hydrogen-bond acceptors (Lipinski definition) is 7. The van der Waals surface area contributed by atoms with E-state index in [1.165, 1.54) is 30.6 Å². The molecule has 0 unspecified atom stereocenters. The molecule has 2 heterocycles. The zero-order valence-electron chi connectivity index (χ0n) is 30.3. The highest BCUT2D eigenvalue weighted by molar-refractivity contribution is 5.90. The Kier molecular flexibility index (Phi) is 14.2. The Labute approximate surface area is 306 Å². The van der Waals surface area contributed by atoms with Crippen molar-refractivity contribution in [2.24, 2.45) is 5.92 Å². The van der Waals surface area contributed by atoms with Gasteiger partial charge in [0.1, 0.15) is 17.5 Å². The molecule has 0 bridgehead atoms. The lowest BCUT2D eigenvalue weighted by Crippen LogP contribution is -2.59. The van der Waals surface area contributed by atoms with Crippen molar-refractivity contribution in [1.82, 2.24) is 20.2 Å². The number of carbonyl (C=O) groups is 3. The SMILES string of the molecule is CCCCCCCOc1ccc(-c2cnc(-c3ccc(C[C@H](NC(=O)Cc4ccc(OCCCC)cc4)C(=O)N4CC(C(=O)O)C4)cc3)nc2)cc1. The molecule has 52 heavy (non-hydrogen) atoms. The molecule has 3 aromatic carbocycles. The number of carboxylic acids is 1. The number of carboxylic acid groups (broad SMARTS) is 1. The minimum absolute atomic E-state index is 0.0974. The molecular weight excluding hydrogens is 656 g/mol. The third-order valence-electron chi connectivity index (χ3n) is 9.24. The van der Waals surface area contributed by atoms with E-state index in [1.54, 1.807) is 12.4 Å². The Balaban J connectivity index is 1.18. The van der Waals surface area contributed by atoms with Gasteiger partial charge in [0.25, 0.3) is 0 Å². The van der Waals surface area contributed by atoms with Crippen molar-refractivity contribution in [1.29, 1.82) is 0 Å². The van der Waals surface area contributed by atoms with Crippen LogP contribution in [0, 0.1) is 5.92 Å². The van der Waals surface area contributed by atoms with Gasteiger partial charge in [0.05, 0.1) is 25.6 Å². The predicted octanol–water partition coefficient (Wildman–Crippen LogP) is 7.15. The van der Waals surface area contributed by atoms with Crippen LogP contribution in [0.3, 0.4) is 0 Å². The van der Waals surface area contributed by atoms with Crippen LogP contribution >= 0.6 is 0 Å². The largest absolute Gasteiger partial charge is 0.494 e. The van der Waals surface area contributed by atoms with E-state index in [0.717, 1.165) is 65.2 Å². The van der Waals surface area contributed by atoms with Gasteiger partial charge in [-0.05, 0) is 53.8 Å². The van der Waals surface area contributed by atoms with Crippen LogP contribution in [0.25, 0.3) is 22.5 Å². The first kappa shape index (κ1) is 38.0. The van der Waals surface area contributed by atoms with Gasteiger partial charge in [0.2, 0.25) is 11.8 Å². The highest BCUT2D eigenvalue weighted by Gasteiger charge is 2.38. The average molecular weight is 707 g/mol. The standard InChI is InChI=1S/C42H50N4O6/c1-3-5-7-8-9-23-52-37-20-16-32(17-21-37)34-26-43-40(44-27-34)33-14-10-30(11-15-33)24-38(41(48)46-28-35(29-46)42(49)50)45-39(47)25-31-12-18-36(19-13-31)51-22-6-4-2/h10-21,26-27,35,38H,3-9,22-25,28-29H2,1-2H3,(H,45,47)(H,49,50)/t38-/m0/s1. The molecule has 1 atom stereocenters. The van der Waals surface area contributed by atoms with Gasteiger partial charge in [-0.25, -0.2) is 9.97 Å². The lowest BCUT2D eigenvalue weighted by Gasteiger charge is -2.39. The second-order valence-electron chi connectivity index (χ2n) is 13.4. The first-order chi connectivity index (χ1) is 25.3. The monoisotopic (exact) mass is 706 g/mol. The number of ether oxygens (including phenoxy) is 2. The lowest BCUT2D eigenvalue weighted by molar-refractivity contribution is -0.154. The normalized spacial score (nSPS) is 13.2. The number of benzene rings is 3. The second kappa shape index (κ2) is 19.4. The van der Waals surface area contributed by atoms with Crippen LogP contribution in [0.4, 0.5) is 0 Å². The summed E-state index contributed by atoms with van der Waals surface area (Å²) in [5, 5.41) is 12.2. The van der Waals surface area contributed by atoms with Crippen molar-refractivity contribution in [2.75, 3.05) is 26.3 Å². The molecule has 2 N–H and O–H groups in total. The summed E-state index contributed by atoms with van der Waals surface area (Å²) < 4.78 is 11.6. The molecule has 2 amide bonds. The van der Waals surface area contributed by atoms with E-state index >= 15 is 0 Å². The van der Waals surface area contributed by atoms with Crippen molar-refractivity contribution >= 4 is 17.8 Å². The van der Waals surface area contributed by atoms with Gasteiger partial charge in [-0.15, -0.1) is 0 Å². The van der Waals surface area contributed by atoms with Crippen molar-refractivity contribution in [3.8, 4) is 34.0 Å². The van der Waals surface area contributed by atoms with E-state index in [2.05, 4.69) is 29.1 Å². The molecule has 1 aliphatic rings. The van der Waals surface area contributed by atoms with Crippen molar-refractivity contribution in [3.63, 3.8) is 0 Å². The average Bonchev–Trinajstić information content (AvgIpc) is 3.13. The van der Waals surface area contributed by atoms with Gasteiger partial charge in [0, 0.05) is 43.0 Å². The first-order valence-electron chi connectivity index (χ1n) is 18.5. The van der Waals surface area contributed by atoms with Gasteiger partial charge >= 0.3 is 5.97 Å². The van der Waals surface area contributed by atoms with Gasteiger partial charge in [-0.2, -0.15) is 0 Å². The quantitative estimate of drug-likeness (QED) is 0.0927. The number of likely N-dealkylation sites (tertiary alicyclic amines) is 1. The molecule has 1 aliphatic heterocycles. The smallest absolute Gasteiger partial charge is 0.310 e. The topological polar surface area (TPSA) is 131 Å². The molecule has 1 saturated heterocycles. The number of rotatable bonds is 20. The maximum absolute atomic E-state index is 13.5. The van der Waals surface area contributed by atoms with E-state index in [-0.39, 0.29) is 37.7 Å². The number of nitrogens with zero attached hydrogens (tertiary/aromatic N) is 3. The Hall–Kier alpha value is -5.25. The Morgan fingerprint density at radius 1 is 0.731 bits per heavy atom. The molecule has 1 aromatic heterocycles. The summed E-state index contributed by atoms with van der Waals surface area (Å²) in [6.07, 6.45) is 12.0. The van der Waals surface area contributed by atoms with Crippen molar-refractivity contribution in [3.05, 3.63) is 96.3 Å². The van der Waals surface area contributed by atoms with Crippen molar-refractivity contribution < 1.29 is 29.0 Å². The number of aromatic nitrogens is 2. The molecular formula is C42H50N4O6. The molecule has 0 radical (unpaired) electrons. The van der Waals surface area contributed by atoms with Crippen LogP contribution in [-0.4, -0.2) is 70.1 Å². The van der Waals surface area contributed by atoms with Crippen LogP contribution in [0.2, 0.25) is 0 Å². The third-order valence-corrected chi connectivity index (χ3v) is 9.24. The number of carbonyl (C=O) groups excluding carboxylic acids is 2. The minimum Gasteiger partial charge on any atom is -0.494 e. The van der Waals surface area contributed by atoms with Crippen LogP contribution in [0.15, 0.2) is 85.2 Å². The summed E-state index contributed by atoms with van der Waals surface area (Å²) in [6, 6.07) is 22.1. The molecule has 10 heteroatoms. The fraction of sp³-hybridized carbons (Fsp3) is 0.405. The molecule has 10 nitrogen and oxygen atoms in total. The summed E-state index contributed by atoms with van der Waals surface area (Å²) in [5.74, 6) is 0.0693. The minimum atomic E-state index is -0.927. The fourth-order valence-electron chi connectivity index (χ4n) is 5.99. The number of unbranched alkanes of at least 4 members (excludes halogenated alkanes) is 5. The van der Waals surface area contributed by atoms with Crippen LogP contribution in [0.1, 0.15) is 69.9 Å². The molecule has 4 aromatic rings. The number of nitrogens with one attached hydrogen (secondary N) is 1.